The number of hydrogen-bond acceptors (Lipinski definition) is 5. The van der Waals surface area contributed by atoms with Gasteiger partial charge < -0.3 is 4.42 Å². The molecule has 0 N–H and O–H groups in total. The standard InChI is InChI=1S/C27H29N3O3S/c1-3-18-30(19-4-2)34(31,32)25-16-14-24(15-17-25)27-29-28-26(33-27)20-21-10-12-23(13-11-21)22-8-6-5-7-9-22/h5-17H,3-4,18-20H2,1-2H3. The molecule has 7 heteroatoms. The van der Waals surface area contributed by atoms with Crippen LogP contribution in [0.15, 0.2) is 88.2 Å². The van der Waals surface area contributed by atoms with Crippen molar-refractivity contribution < 1.29 is 12.8 Å². The Hall–Kier alpha value is -3.29. The van der Waals surface area contributed by atoms with Gasteiger partial charge in [0.25, 0.3) is 0 Å². The van der Waals surface area contributed by atoms with E-state index in [0.29, 0.717) is 36.9 Å². The van der Waals surface area contributed by atoms with E-state index >= 15 is 0 Å². The number of hydrogen-bond donors (Lipinski definition) is 0. The van der Waals surface area contributed by atoms with Gasteiger partial charge in [-0.25, -0.2) is 8.42 Å². The number of sulfonamides is 1. The Morgan fingerprint density at radius 2 is 1.32 bits per heavy atom. The van der Waals surface area contributed by atoms with Crippen molar-refractivity contribution in [2.45, 2.75) is 38.0 Å². The van der Waals surface area contributed by atoms with Gasteiger partial charge in [-0.1, -0.05) is 68.4 Å². The molecule has 3 aromatic carbocycles. The maximum absolute atomic E-state index is 13.0. The third-order valence-corrected chi connectivity index (χ3v) is 7.48. The fraction of sp³-hybridized carbons (Fsp3) is 0.259. The summed E-state index contributed by atoms with van der Waals surface area (Å²) >= 11 is 0. The minimum absolute atomic E-state index is 0.274. The van der Waals surface area contributed by atoms with E-state index in [0.717, 1.165) is 24.0 Å². The van der Waals surface area contributed by atoms with Crippen LogP contribution in [0, 0.1) is 0 Å². The molecule has 0 aliphatic heterocycles. The first-order chi connectivity index (χ1) is 16.5. The fourth-order valence-electron chi connectivity index (χ4n) is 3.83. The Bertz CT molecular complexity index is 1290. The van der Waals surface area contributed by atoms with Gasteiger partial charge in [-0.2, -0.15) is 4.31 Å². The molecule has 0 atom stereocenters. The van der Waals surface area contributed by atoms with Gasteiger partial charge in [0.05, 0.1) is 11.3 Å². The zero-order chi connectivity index (χ0) is 24.0. The summed E-state index contributed by atoms with van der Waals surface area (Å²) in [5.74, 6) is 0.884. The molecule has 0 saturated heterocycles. The molecule has 176 valence electrons. The Morgan fingerprint density at radius 3 is 1.94 bits per heavy atom. The Labute approximate surface area is 201 Å². The molecule has 1 aromatic heterocycles. The fourth-order valence-corrected chi connectivity index (χ4v) is 5.46. The zero-order valence-electron chi connectivity index (χ0n) is 19.5. The van der Waals surface area contributed by atoms with Gasteiger partial charge in [0.15, 0.2) is 0 Å². The quantitative estimate of drug-likeness (QED) is 0.289. The third kappa shape index (κ3) is 5.43. The van der Waals surface area contributed by atoms with Crippen molar-refractivity contribution in [1.82, 2.24) is 14.5 Å². The smallest absolute Gasteiger partial charge is 0.247 e. The first kappa shape index (κ1) is 23.9. The summed E-state index contributed by atoms with van der Waals surface area (Å²) in [6.45, 7) is 4.98. The lowest BCUT2D eigenvalue weighted by Crippen LogP contribution is -2.32. The maximum Gasteiger partial charge on any atom is 0.247 e. The predicted octanol–water partition coefficient (Wildman–Crippen LogP) is 5.81. The van der Waals surface area contributed by atoms with E-state index in [-0.39, 0.29) is 4.90 Å². The highest BCUT2D eigenvalue weighted by molar-refractivity contribution is 7.89. The molecule has 0 amide bonds. The van der Waals surface area contributed by atoms with Crippen molar-refractivity contribution in [3.8, 4) is 22.6 Å². The molecule has 6 nitrogen and oxygen atoms in total. The summed E-state index contributed by atoms with van der Waals surface area (Å²) in [5, 5.41) is 8.33. The van der Waals surface area contributed by atoms with Gasteiger partial charge in [-0.15, -0.1) is 10.2 Å². The van der Waals surface area contributed by atoms with Crippen LogP contribution in [0.4, 0.5) is 0 Å². The molecule has 0 radical (unpaired) electrons. The highest BCUT2D eigenvalue weighted by Crippen LogP contribution is 2.24. The molecule has 34 heavy (non-hydrogen) atoms. The second kappa shape index (κ2) is 10.8. The molecule has 0 aliphatic carbocycles. The van der Waals surface area contributed by atoms with Crippen LogP contribution in [0.5, 0.6) is 0 Å². The van der Waals surface area contributed by atoms with Crippen molar-refractivity contribution in [3.05, 3.63) is 90.3 Å². The van der Waals surface area contributed by atoms with Crippen LogP contribution in [-0.4, -0.2) is 36.0 Å². The molecule has 0 unspecified atom stereocenters. The minimum Gasteiger partial charge on any atom is -0.420 e. The predicted molar refractivity (Wildman–Crippen MR) is 134 cm³/mol. The van der Waals surface area contributed by atoms with Crippen LogP contribution in [0.25, 0.3) is 22.6 Å². The molecule has 4 aromatic rings. The molecule has 0 spiro atoms. The van der Waals surface area contributed by atoms with E-state index in [4.69, 9.17) is 4.42 Å². The number of rotatable bonds is 10. The van der Waals surface area contributed by atoms with Gasteiger partial charge in [-0.3, -0.25) is 0 Å². The lowest BCUT2D eigenvalue weighted by molar-refractivity contribution is 0.410. The van der Waals surface area contributed by atoms with Crippen molar-refractivity contribution in [2.24, 2.45) is 0 Å². The van der Waals surface area contributed by atoms with Gasteiger partial charge in [0.1, 0.15) is 0 Å². The second-order valence-corrected chi connectivity index (χ2v) is 10.1. The van der Waals surface area contributed by atoms with Crippen LogP contribution in [0.1, 0.15) is 38.1 Å². The first-order valence-corrected chi connectivity index (χ1v) is 13.0. The second-order valence-electron chi connectivity index (χ2n) is 8.17. The minimum atomic E-state index is -3.52. The van der Waals surface area contributed by atoms with Crippen molar-refractivity contribution >= 4 is 10.0 Å². The van der Waals surface area contributed by atoms with E-state index in [1.807, 2.05) is 32.0 Å². The van der Waals surface area contributed by atoms with Crippen LogP contribution >= 0.6 is 0 Å². The van der Waals surface area contributed by atoms with Crippen molar-refractivity contribution in [1.29, 1.82) is 0 Å². The maximum atomic E-state index is 13.0. The number of aromatic nitrogens is 2. The van der Waals surface area contributed by atoms with Crippen LogP contribution in [0.3, 0.4) is 0 Å². The summed E-state index contributed by atoms with van der Waals surface area (Å²) in [4.78, 5) is 0.274. The van der Waals surface area contributed by atoms with E-state index in [9.17, 15) is 8.42 Å². The summed E-state index contributed by atoms with van der Waals surface area (Å²) in [6.07, 6.45) is 2.08. The van der Waals surface area contributed by atoms with Crippen LogP contribution in [0.2, 0.25) is 0 Å². The van der Waals surface area contributed by atoms with Crippen LogP contribution < -0.4 is 0 Å². The van der Waals surface area contributed by atoms with Gasteiger partial charge >= 0.3 is 0 Å². The third-order valence-electron chi connectivity index (χ3n) is 5.57. The average Bonchev–Trinajstić information content (AvgIpc) is 3.33. The van der Waals surface area contributed by atoms with E-state index < -0.39 is 10.0 Å². The van der Waals surface area contributed by atoms with Gasteiger partial charge in [0.2, 0.25) is 21.8 Å². The molecule has 4 rings (SSSR count). The lowest BCUT2D eigenvalue weighted by Gasteiger charge is -2.21. The molecular formula is C27H29N3O3S. The average molecular weight is 476 g/mol. The molecular weight excluding hydrogens is 446 g/mol. The highest BCUT2D eigenvalue weighted by atomic mass is 32.2. The summed E-state index contributed by atoms with van der Waals surface area (Å²) in [5.41, 5.74) is 4.09. The van der Waals surface area contributed by atoms with Crippen LogP contribution in [-0.2, 0) is 16.4 Å². The Kier molecular flexibility index (Phi) is 7.55. The molecule has 0 fully saturated rings. The van der Waals surface area contributed by atoms with Crippen molar-refractivity contribution in [2.75, 3.05) is 13.1 Å². The summed E-state index contributed by atoms with van der Waals surface area (Å²) in [7, 11) is -3.52. The van der Waals surface area contributed by atoms with E-state index in [1.54, 1.807) is 24.3 Å². The number of benzene rings is 3. The van der Waals surface area contributed by atoms with Gasteiger partial charge in [0, 0.05) is 18.7 Å². The molecule has 0 saturated carbocycles. The molecule has 0 aliphatic rings. The highest BCUT2D eigenvalue weighted by Gasteiger charge is 2.23. The van der Waals surface area contributed by atoms with Crippen molar-refractivity contribution in [3.63, 3.8) is 0 Å². The van der Waals surface area contributed by atoms with E-state index in [2.05, 4.69) is 46.6 Å². The SMILES string of the molecule is CCCN(CCC)S(=O)(=O)c1ccc(-c2nnc(Cc3ccc(-c4ccccc4)cc3)o2)cc1. The largest absolute Gasteiger partial charge is 0.420 e. The zero-order valence-corrected chi connectivity index (χ0v) is 20.3. The van der Waals surface area contributed by atoms with Gasteiger partial charge in [-0.05, 0) is 53.8 Å². The Balaban J connectivity index is 1.46. The summed E-state index contributed by atoms with van der Waals surface area (Å²) in [6, 6.07) is 25.2. The lowest BCUT2D eigenvalue weighted by atomic mass is 10.0. The van der Waals surface area contributed by atoms with E-state index in [1.165, 1.54) is 9.87 Å². The first-order valence-electron chi connectivity index (χ1n) is 11.6. The molecule has 0 bridgehead atoms. The molecule has 1 heterocycles. The normalized spacial score (nSPS) is 11.7. The monoisotopic (exact) mass is 475 g/mol. The topological polar surface area (TPSA) is 76.3 Å². The Morgan fingerprint density at radius 1 is 0.735 bits per heavy atom. The summed E-state index contributed by atoms with van der Waals surface area (Å²) < 4.78 is 33.3. The number of nitrogens with zero attached hydrogens (tertiary/aromatic N) is 3.